The summed E-state index contributed by atoms with van der Waals surface area (Å²) in [6, 6.07) is 10.1. The fraction of sp³-hybridized carbons (Fsp3) is 0.423. The molecule has 5 rings (SSSR count). The van der Waals surface area contributed by atoms with Gasteiger partial charge in [-0.2, -0.15) is 0 Å². The van der Waals surface area contributed by atoms with Gasteiger partial charge in [-0.1, -0.05) is 30.3 Å². The van der Waals surface area contributed by atoms with Gasteiger partial charge in [-0.3, -0.25) is 5.32 Å². The molecule has 0 saturated carbocycles. The number of anilines is 1. The van der Waals surface area contributed by atoms with E-state index >= 15 is 0 Å². The highest BCUT2D eigenvalue weighted by Gasteiger charge is 2.27. The summed E-state index contributed by atoms with van der Waals surface area (Å²) in [7, 11) is 0. The molecule has 180 valence electrons. The number of aliphatic hydroxyl groups is 1. The molecule has 2 aromatic heterocycles. The molecule has 1 unspecified atom stereocenters. The second-order valence-corrected chi connectivity index (χ2v) is 10.9. The summed E-state index contributed by atoms with van der Waals surface area (Å²) in [6.07, 6.45) is 4.11. The zero-order chi connectivity index (χ0) is 23.5. The molecule has 0 fully saturated rings. The molecule has 8 heteroatoms. The summed E-state index contributed by atoms with van der Waals surface area (Å²) >= 11 is 3.39. The Labute approximate surface area is 208 Å². The Kier molecular flexibility index (Phi) is 7.32. The highest BCUT2D eigenvalue weighted by atomic mass is 32.1. The first-order valence-corrected chi connectivity index (χ1v) is 13.7. The first kappa shape index (κ1) is 23.5. The fourth-order valence-electron chi connectivity index (χ4n) is 4.91. The number of rotatable bonds is 7. The van der Waals surface area contributed by atoms with E-state index in [0.717, 1.165) is 56.3 Å². The van der Waals surface area contributed by atoms with Crippen LogP contribution in [0.2, 0.25) is 0 Å². The molecule has 0 spiro atoms. The maximum atomic E-state index is 13.0. The van der Waals surface area contributed by atoms with Crippen molar-refractivity contribution in [1.82, 2.24) is 10.6 Å². The molecule has 6 nitrogen and oxygen atoms in total. The number of carbonyl (C=O) groups excluding carboxylic acids is 1. The number of amides is 2. The Bertz CT molecular complexity index is 1160. The molecular weight excluding hydrogens is 466 g/mol. The molecule has 2 amide bonds. The summed E-state index contributed by atoms with van der Waals surface area (Å²) in [6.45, 7) is 4.58. The predicted molar refractivity (Wildman–Crippen MR) is 139 cm³/mol. The van der Waals surface area contributed by atoms with E-state index in [1.54, 1.807) is 11.3 Å². The lowest BCUT2D eigenvalue weighted by atomic mass is 9.95. The van der Waals surface area contributed by atoms with Crippen molar-refractivity contribution >= 4 is 33.7 Å². The smallest absolute Gasteiger partial charge is 0.320 e. The Morgan fingerprint density at radius 2 is 1.94 bits per heavy atom. The van der Waals surface area contributed by atoms with Gasteiger partial charge in [0.15, 0.2) is 6.29 Å². The quantitative estimate of drug-likeness (QED) is 0.332. The van der Waals surface area contributed by atoms with Gasteiger partial charge in [0.1, 0.15) is 5.00 Å². The minimum absolute atomic E-state index is 0.253. The average molecular weight is 498 g/mol. The van der Waals surface area contributed by atoms with E-state index in [-0.39, 0.29) is 6.03 Å². The minimum Gasteiger partial charge on any atom is -0.364 e. The first-order valence-electron chi connectivity index (χ1n) is 12.0. The van der Waals surface area contributed by atoms with E-state index in [9.17, 15) is 9.90 Å². The maximum absolute atomic E-state index is 13.0. The van der Waals surface area contributed by atoms with Crippen LogP contribution in [0.5, 0.6) is 0 Å². The van der Waals surface area contributed by atoms with Gasteiger partial charge in [0.05, 0.1) is 0 Å². The van der Waals surface area contributed by atoms with Gasteiger partial charge in [-0.15, -0.1) is 22.7 Å². The van der Waals surface area contributed by atoms with Crippen LogP contribution in [0, 0.1) is 0 Å². The largest absolute Gasteiger partial charge is 0.364 e. The number of aliphatic hydroxyl groups excluding tert-OH is 1. The molecular formula is C26H31N3O3S2. The number of urea groups is 1. The number of ether oxygens (including phenoxy) is 1. The lowest BCUT2D eigenvalue weighted by molar-refractivity contribution is -0.0978. The molecule has 4 N–H and O–H groups in total. The number of nitrogens with one attached hydrogen (secondary N) is 3. The van der Waals surface area contributed by atoms with Gasteiger partial charge in [0.2, 0.25) is 0 Å². The van der Waals surface area contributed by atoms with Gasteiger partial charge in [-0.25, -0.2) is 4.79 Å². The molecule has 1 aliphatic heterocycles. The molecule has 2 aliphatic rings. The molecule has 34 heavy (non-hydrogen) atoms. The number of aryl methyl sites for hydroxylation is 1. The number of fused-ring (bicyclic) bond motifs is 2. The van der Waals surface area contributed by atoms with Crippen molar-refractivity contribution in [2.45, 2.75) is 58.4 Å². The monoisotopic (exact) mass is 497 g/mol. The Hall–Kier alpha value is -2.23. The van der Waals surface area contributed by atoms with Crippen LogP contribution in [0.3, 0.4) is 0 Å². The zero-order valence-electron chi connectivity index (χ0n) is 19.4. The third kappa shape index (κ3) is 4.78. The number of benzene rings is 1. The molecule has 1 aliphatic carbocycles. The van der Waals surface area contributed by atoms with Gasteiger partial charge in [0.25, 0.3) is 0 Å². The lowest BCUT2D eigenvalue weighted by Crippen LogP contribution is -2.29. The standard InChI is InChI=1S/C26H31N3O3S2/c1-2-32-25(30)22-18-10-6-7-11-20(18)34-24(22)29-26(31)28-14-19-17-12-13-27-15-21(17)33-23(19)16-8-4-3-5-9-16/h3-5,8-9,25,27,30H,2,6-7,10-15H2,1H3,(H2,28,29,31). The Morgan fingerprint density at radius 1 is 1.12 bits per heavy atom. The molecule has 1 atom stereocenters. The lowest BCUT2D eigenvalue weighted by Gasteiger charge is -2.18. The van der Waals surface area contributed by atoms with Crippen LogP contribution >= 0.6 is 22.7 Å². The van der Waals surface area contributed by atoms with Gasteiger partial charge >= 0.3 is 6.03 Å². The number of carbonyl (C=O) groups is 1. The highest BCUT2D eigenvalue weighted by molar-refractivity contribution is 7.16. The summed E-state index contributed by atoms with van der Waals surface area (Å²) in [5.41, 5.74) is 5.65. The van der Waals surface area contributed by atoms with Gasteiger partial charge in [0, 0.05) is 39.9 Å². The van der Waals surface area contributed by atoms with Crippen LogP contribution in [-0.2, 0) is 37.1 Å². The van der Waals surface area contributed by atoms with Gasteiger partial charge < -0.3 is 20.5 Å². The van der Waals surface area contributed by atoms with Crippen LogP contribution in [0.1, 0.15) is 58.1 Å². The van der Waals surface area contributed by atoms with Crippen molar-refractivity contribution in [1.29, 1.82) is 0 Å². The molecule has 0 saturated heterocycles. The third-order valence-electron chi connectivity index (χ3n) is 6.51. The van der Waals surface area contributed by atoms with Crippen molar-refractivity contribution in [2.24, 2.45) is 0 Å². The van der Waals surface area contributed by atoms with Gasteiger partial charge in [-0.05, 0) is 67.8 Å². The van der Waals surface area contributed by atoms with E-state index in [0.29, 0.717) is 18.2 Å². The zero-order valence-corrected chi connectivity index (χ0v) is 21.0. The van der Waals surface area contributed by atoms with E-state index in [4.69, 9.17) is 4.74 Å². The number of hydrogen-bond donors (Lipinski definition) is 4. The molecule has 0 bridgehead atoms. The normalized spacial score (nSPS) is 15.9. The average Bonchev–Trinajstić information content (AvgIpc) is 3.41. The van der Waals surface area contributed by atoms with E-state index in [1.165, 1.54) is 31.3 Å². The fourth-order valence-corrected chi connectivity index (χ4v) is 7.56. The second-order valence-electron chi connectivity index (χ2n) is 8.67. The van der Waals surface area contributed by atoms with Crippen LogP contribution in [0.15, 0.2) is 30.3 Å². The molecule has 3 heterocycles. The summed E-state index contributed by atoms with van der Waals surface area (Å²) < 4.78 is 5.51. The first-order chi connectivity index (χ1) is 16.7. The molecule has 3 aromatic rings. The minimum atomic E-state index is -1.01. The van der Waals surface area contributed by atoms with E-state index in [2.05, 4.69) is 40.2 Å². The topological polar surface area (TPSA) is 82.6 Å². The Morgan fingerprint density at radius 3 is 2.76 bits per heavy atom. The number of hydrogen-bond acceptors (Lipinski definition) is 6. The van der Waals surface area contributed by atoms with Crippen molar-refractivity contribution in [3.8, 4) is 10.4 Å². The van der Waals surface area contributed by atoms with Crippen LogP contribution in [-0.4, -0.2) is 24.3 Å². The van der Waals surface area contributed by atoms with Crippen LogP contribution in [0.25, 0.3) is 10.4 Å². The SMILES string of the molecule is CCOC(O)c1c(NC(=O)NCc2c(-c3ccccc3)sc3c2CCNC3)sc2c1CCCC2. The van der Waals surface area contributed by atoms with Crippen LogP contribution < -0.4 is 16.0 Å². The highest BCUT2D eigenvalue weighted by Crippen LogP contribution is 2.42. The third-order valence-corrected chi connectivity index (χ3v) is 9.06. The summed E-state index contributed by atoms with van der Waals surface area (Å²) in [4.78, 5) is 16.9. The maximum Gasteiger partial charge on any atom is 0.320 e. The van der Waals surface area contributed by atoms with Crippen molar-refractivity contribution in [3.63, 3.8) is 0 Å². The van der Waals surface area contributed by atoms with Crippen molar-refractivity contribution < 1.29 is 14.6 Å². The summed E-state index contributed by atoms with van der Waals surface area (Å²) in [5.74, 6) is 0. The van der Waals surface area contributed by atoms with E-state index < -0.39 is 6.29 Å². The molecule has 1 aromatic carbocycles. The molecule has 0 radical (unpaired) electrons. The van der Waals surface area contributed by atoms with Crippen LogP contribution in [0.4, 0.5) is 9.80 Å². The van der Waals surface area contributed by atoms with E-state index in [1.807, 2.05) is 24.3 Å². The second kappa shape index (κ2) is 10.6. The Balaban J connectivity index is 1.36. The number of thiophene rings is 2. The van der Waals surface area contributed by atoms with Crippen molar-refractivity contribution in [2.75, 3.05) is 18.5 Å². The predicted octanol–water partition coefficient (Wildman–Crippen LogP) is 5.35. The van der Waals surface area contributed by atoms with Crippen molar-refractivity contribution in [3.05, 3.63) is 62.3 Å². The summed E-state index contributed by atoms with van der Waals surface area (Å²) in [5, 5.41) is 20.9.